The first kappa shape index (κ1) is 35.6. The van der Waals surface area contributed by atoms with Crippen molar-refractivity contribution in [1.82, 2.24) is 45.2 Å². The van der Waals surface area contributed by atoms with E-state index in [0.29, 0.717) is 66.0 Å². The molecule has 4 aliphatic rings. The second-order valence-electron chi connectivity index (χ2n) is 16.0. The van der Waals surface area contributed by atoms with Crippen molar-refractivity contribution in [3.8, 4) is 33.7 Å². The molecule has 0 radical (unpaired) electrons. The Balaban J connectivity index is 1.03. The SMILES string of the molecule is Cc1c(F)cc2[nH]ncc2c1-c1c(C2CC2)cc2c(N3C[C@@H]4C[C@H]3CN4)nc(OC3CCOCC3)nc2c1OCc1ccc(Cc2nc(-c3nccs3)n(C)n2)cc1. The largest absolute Gasteiger partial charge is 0.486 e. The molecule has 15 heteroatoms. The number of aryl methyl sites for hydroxylation is 1. The first-order chi connectivity index (χ1) is 28.4. The molecule has 7 aromatic rings. The van der Waals surface area contributed by atoms with E-state index in [9.17, 15) is 0 Å². The number of halogens is 1. The van der Waals surface area contributed by atoms with Crippen LogP contribution in [0.15, 0.2) is 54.2 Å². The molecule has 3 aromatic carbocycles. The lowest BCUT2D eigenvalue weighted by molar-refractivity contribution is 0.0219. The first-order valence-electron chi connectivity index (χ1n) is 20.2. The lowest BCUT2D eigenvalue weighted by Crippen LogP contribution is -2.44. The Labute approximate surface area is 338 Å². The molecular formula is C43H43FN10O3S. The summed E-state index contributed by atoms with van der Waals surface area (Å²) in [6, 6.07) is 13.2. The van der Waals surface area contributed by atoms with Crippen LogP contribution in [0.4, 0.5) is 10.2 Å². The van der Waals surface area contributed by atoms with Crippen molar-refractivity contribution < 1.29 is 18.6 Å². The van der Waals surface area contributed by atoms with Crippen molar-refractivity contribution in [2.24, 2.45) is 7.05 Å². The normalized spacial score (nSPS) is 19.5. The summed E-state index contributed by atoms with van der Waals surface area (Å²) < 4.78 is 37.0. The van der Waals surface area contributed by atoms with E-state index in [0.717, 1.165) is 106 Å². The zero-order valence-corrected chi connectivity index (χ0v) is 33.2. The van der Waals surface area contributed by atoms with Gasteiger partial charge in [-0.05, 0) is 66.5 Å². The second kappa shape index (κ2) is 14.4. The van der Waals surface area contributed by atoms with Crippen LogP contribution in [-0.4, -0.2) is 84.4 Å². The molecule has 3 aliphatic heterocycles. The van der Waals surface area contributed by atoms with Gasteiger partial charge in [-0.25, -0.2) is 19.0 Å². The number of ether oxygens (including phenoxy) is 3. The molecule has 2 N–H and O–H groups in total. The number of hydrogen-bond donors (Lipinski definition) is 2. The van der Waals surface area contributed by atoms with Crippen LogP contribution in [0.1, 0.15) is 66.1 Å². The van der Waals surface area contributed by atoms with E-state index >= 15 is 4.39 Å². The van der Waals surface area contributed by atoms with Gasteiger partial charge in [-0.15, -0.1) is 11.3 Å². The van der Waals surface area contributed by atoms with Crippen LogP contribution in [0.25, 0.3) is 43.8 Å². The molecule has 4 fully saturated rings. The van der Waals surface area contributed by atoms with E-state index in [1.807, 2.05) is 19.4 Å². The minimum absolute atomic E-state index is 0.0555. The maximum Gasteiger partial charge on any atom is 0.319 e. The molecule has 0 unspecified atom stereocenters. The van der Waals surface area contributed by atoms with Crippen molar-refractivity contribution in [1.29, 1.82) is 0 Å². The molecular weight excluding hydrogens is 756 g/mol. The highest BCUT2D eigenvalue weighted by molar-refractivity contribution is 7.13. The van der Waals surface area contributed by atoms with Gasteiger partial charge in [0.05, 0.1) is 24.9 Å². The standard InChI is InChI=1S/C43H43FN10O3S/c1-23-33(44)18-34-32(20-47-51-34)36(23)37-30(26-7-8-26)17-31-38(49-43(57-29-9-12-55-13-10-29)50-40(31)54-21-27-16-28(54)19-46-27)39(37)56-22-25-5-3-24(4-6-25)15-35-48-41(53(2)52-35)42-45-11-14-58-42/h3-6,11,14,17-18,20,26-29,46H,7-10,12-13,15-16,19,21-22H2,1-2H3,(H,47,51)/t27-,28-/m0/s1. The maximum atomic E-state index is 15.9. The minimum atomic E-state index is -0.302. The number of thiazole rings is 1. The number of rotatable bonds is 11. The Morgan fingerprint density at radius 2 is 1.84 bits per heavy atom. The summed E-state index contributed by atoms with van der Waals surface area (Å²) in [5.74, 6) is 2.96. The first-order valence-corrected chi connectivity index (χ1v) is 21.1. The number of fused-ring (bicyclic) bond motifs is 4. The van der Waals surface area contributed by atoms with Crippen molar-refractivity contribution in [3.63, 3.8) is 0 Å². The van der Waals surface area contributed by atoms with Gasteiger partial charge >= 0.3 is 6.01 Å². The average Bonchev–Trinajstić information content (AvgIpc) is 3.76. The van der Waals surface area contributed by atoms with Gasteiger partial charge in [0, 0.05) is 85.0 Å². The Hall–Kier alpha value is -5.51. The lowest BCUT2D eigenvalue weighted by Gasteiger charge is -2.31. The molecule has 7 heterocycles. The summed E-state index contributed by atoms with van der Waals surface area (Å²) in [6.45, 7) is 5.15. The smallest absolute Gasteiger partial charge is 0.319 e. The van der Waals surface area contributed by atoms with Crippen molar-refractivity contribution in [2.45, 2.75) is 76.2 Å². The third kappa shape index (κ3) is 6.45. The molecule has 4 aromatic heterocycles. The van der Waals surface area contributed by atoms with E-state index in [1.54, 1.807) is 28.4 Å². The van der Waals surface area contributed by atoms with E-state index in [4.69, 9.17) is 29.2 Å². The summed E-state index contributed by atoms with van der Waals surface area (Å²) in [6.07, 6.45) is 8.78. The van der Waals surface area contributed by atoms with E-state index in [2.05, 4.69) is 60.8 Å². The number of hydrogen-bond acceptors (Lipinski definition) is 12. The predicted molar refractivity (Wildman–Crippen MR) is 219 cm³/mol. The minimum Gasteiger partial charge on any atom is -0.486 e. The molecule has 296 valence electrons. The number of aromatic nitrogens is 8. The molecule has 1 aliphatic carbocycles. The lowest BCUT2D eigenvalue weighted by atomic mass is 9.88. The molecule has 58 heavy (non-hydrogen) atoms. The van der Waals surface area contributed by atoms with Crippen LogP contribution in [0.2, 0.25) is 0 Å². The second-order valence-corrected chi connectivity index (χ2v) is 16.9. The van der Waals surface area contributed by atoms with Crippen LogP contribution >= 0.6 is 11.3 Å². The summed E-state index contributed by atoms with van der Waals surface area (Å²) in [4.78, 5) is 22.0. The Bertz CT molecular complexity index is 2650. The highest BCUT2D eigenvalue weighted by atomic mass is 32.1. The van der Waals surface area contributed by atoms with Crippen LogP contribution < -0.4 is 19.7 Å². The molecule has 2 atom stereocenters. The van der Waals surface area contributed by atoms with Gasteiger partial charge in [-0.3, -0.25) is 5.10 Å². The number of aromatic amines is 1. The number of anilines is 1. The van der Waals surface area contributed by atoms with Gasteiger partial charge in [-0.2, -0.15) is 20.2 Å². The number of nitrogens with one attached hydrogen (secondary N) is 2. The monoisotopic (exact) mass is 798 g/mol. The number of benzene rings is 3. The molecule has 0 spiro atoms. The van der Waals surface area contributed by atoms with Gasteiger partial charge in [0.25, 0.3) is 0 Å². The fourth-order valence-corrected chi connectivity index (χ4v) is 9.63. The highest BCUT2D eigenvalue weighted by Gasteiger charge is 2.41. The van der Waals surface area contributed by atoms with Crippen LogP contribution in [-0.2, 0) is 24.8 Å². The predicted octanol–water partition coefficient (Wildman–Crippen LogP) is 7.03. The molecule has 13 nitrogen and oxygen atoms in total. The fourth-order valence-electron chi connectivity index (χ4n) is 8.98. The van der Waals surface area contributed by atoms with Gasteiger partial charge in [0.15, 0.2) is 22.4 Å². The maximum absolute atomic E-state index is 15.9. The van der Waals surface area contributed by atoms with Crippen molar-refractivity contribution in [3.05, 3.63) is 88.1 Å². The Morgan fingerprint density at radius 3 is 2.60 bits per heavy atom. The molecule has 2 bridgehead atoms. The molecule has 3 saturated heterocycles. The number of nitrogens with zero attached hydrogens (tertiary/aromatic N) is 8. The summed E-state index contributed by atoms with van der Waals surface area (Å²) in [5.41, 5.74) is 6.67. The summed E-state index contributed by atoms with van der Waals surface area (Å²) >= 11 is 1.55. The van der Waals surface area contributed by atoms with Gasteiger partial charge < -0.3 is 24.4 Å². The number of piperazine rings is 1. The number of H-pyrrole nitrogens is 1. The average molecular weight is 799 g/mol. The van der Waals surface area contributed by atoms with Crippen molar-refractivity contribution >= 4 is 39.0 Å². The Kier molecular flexibility index (Phi) is 8.84. The summed E-state index contributed by atoms with van der Waals surface area (Å²) in [7, 11) is 1.90. The van der Waals surface area contributed by atoms with E-state index in [-0.39, 0.29) is 18.5 Å². The highest BCUT2D eigenvalue weighted by Crippen LogP contribution is 2.53. The van der Waals surface area contributed by atoms with Gasteiger partial charge in [0.2, 0.25) is 0 Å². The Morgan fingerprint density at radius 1 is 1.00 bits per heavy atom. The summed E-state index contributed by atoms with van der Waals surface area (Å²) in [5, 5.41) is 20.2. The molecule has 1 saturated carbocycles. The van der Waals surface area contributed by atoms with E-state index in [1.165, 1.54) is 6.07 Å². The van der Waals surface area contributed by atoms with Crippen LogP contribution in [0, 0.1) is 12.7 Å². The van der Waals surface area contributed by atoms with E-state index < -0.39 is 0 Å². The van der Waals surface area contributed by atoms with Crippen molar-refractivity contribution in [2.75, 3.05) is 31.2 Å². The topological polar surface area (TPSA) is 141 Å². The zero-order valence-electron chi connectivity index (χ0n) is 32.4. The third-order valence-electron chi connectivity index (χ3n) is 12.1. The molecule has 11 rings (SSSR count). The fraction of sp³-hybridized carbons (Fsp3) is 0.395. The van der Waals surface area contributed by atoms with Gasteiger partial charge in [0.1, 0.15) is 29.9 Å². The van der Waals surface area contributed by atoms with Crippen LogP contribution in [0.5, 0.6) is 11.8 Å². The zero-order chi connectivity index (χ0) is 38.9. The van der Waals surface area contributed by atoms with Gasteiger partial charge in [-0.1, -0.05) is 24.3 Å². The van der Waals surface area contributed by atoms with Crippen LogP contribution in [0.3, 0.4) is 0 Å². The molecule has 0 amide bonds. The third-order valence-corrected chi connectivity index (χ3v) is 12.9. The quantitative estimate of drug-likeness (QED) is 0.139.